The SMILES string of the molecule is CCCC(C)CC(NN)C1CCCc2ccccc21. The summed E-state index contributed by atoms with van der Waals surface area (Å²) in [4.78, 5) is 0. The van der Waals surface area contributed by atoms with E-state index in [0.29, 0.717) is 12.0 Å². The summed E-state index contributed by atoms with van der Waals surface area (Å²) in [6, 6.07) is 9.33. The number of aryl methyl sites for hydroxylation is 1. The Labute approximate surface area is 117 Å². The Bertz CT molecular complexity index is 389. The third kappa shape index (κ3) is 3.58. The van der Waals surface area contributed by atoms with Crippen LogP contribution in [-0.2, 0) is 6.42 Å². The van der Waals surface area contributed by atoms with E-state index in [4.69, 9.17) is 5.84 Å². The van der Waals surface area contributed by atoms with Gasteiger partial charge in [-0.3, -0.25) is 11.3 Å². The highest BCUT2D eigenvalue weighted by atomic mass is 15.2. The van der Waals surface area contributed by atoms with Gasteiger partial charge in [0.2, 0.25) is 0 Å². The van der Waals surface area contributed by atoms with Gasteiger partial charge in [0.15, 0.2) is 0 Å². The van der Waals surface area contributed by atoms with E-state index in [-0.39, 0.29) is 0 Å². The second-order valence-corrected chi connectivity index (χ2v) is 6.10. The first kappa shape index (κ1) is 14.5. The van der Waals surface area contributed by atoms with Crippen LogP contribution >= 0.6 is 0 Å². The van der Waals surface area contributed by atoms with Crippen LogP contribution in [0.2, 0.25) is 0 Å². The Morgan fingerprint density at radius 1 is 1.37 bits per heavy atom. The molecule has 0 saturated heterocycles. The van der Waals surface area contributed by atoms with E-state index in [2.05, 4.69) is 43.5 Å². The highest BCUT2D eigenvalue weighted by molar-refractivity contribution is 5.33. The zero-order valence-corrected chi connectivity index (χ0v) is 12.4. The molecule has 2 heteroatoms. The largest absolute Gasteiger partial charge is 0.271 e. The number of hydrogen-bond donors (Lipinski definition) is 2. The zero-order chi connectivity index (χ0) is 13.7. The number of hydrazine groups is 1. The van der Waals surface area contributed by atoms with Gasteiger partial charge in [0, 0.05) is 12.0 Å². The molecule has 0 aliphatic heterocycles. The van der Waals surface area contributed by atoms with E-state index in [0.717, 1.165) is 5.92 Å². The van der Waals surface area contributed by atoms with Crippen molar-refractivity contribution in [3.05, 3.63) is 35.4 Å². The van der Waals surface area contributed by atoms with E-state index in [1.165, 1.54) is 49.7 Å². The van der Waals surface area contributed by atoms with E-state index >= 15 is 0 Å². The molecule has 3 atom stereocenters. The molecular formula is C17H28N2. The number of benzene rings is 1. The Morgan fingerprint density at radius 2 is 2.16 bits per heavy atom. The van der Waals surface area contributed by atoms with Crippen molar-refractivity contribution in [1.82, 2.24) is 5.43 Å². The van der Waals surface area contributed by atoms with Gasteiger partial charge in [0.25, 0.3) is 0 Å². The second-order valence-electron chi connectivity index (χ2n) is 6.10. The van der Waals surface area contributed by atoms with Gasteiger partial charge in [-0.05, 0) is 42.7 Å². The van der Waals surface area contributed by atoms with Gasteiger partial charge >= 0.3 is 0 Å². The van der Waals surface area contributed by atoms with Crippen LogP contribution < -0.4 is 11.3 Å². The Balaban J connectivity index is 2.11. The van der Waals surface area contributed by atoms with E-state index in [9.17, 15) is 0 Å². The number of nitrogens with two attached hydrogens (primary N) is 1. The molecule has 0 bridgehead atoms. The molecule has 3 N–H and O–H groups in total. The maximum absolute atomic E-state index is 5.86. The molecule has 0 radical (unpaired) electrons. The van der Waals surface area contributed by atoms with Crippen LogP contribution in [0.25, 0.3) is 0 Å². The standard InChI is InChI=1S/C17H28N2/c1-3-7-13(2)12-17(19-18)16-11-6-9-14-8-4-5-10-15(14)16/h4-5,8,10,13,16-17,19H,3,6-7,9,11-12,18H2,1-2H3. The van der Waals surface area contributed by atoms with Crippen molar-refractivity contribution in [3.8, 4) is 0 Å². The molecule has 106 valence electrons. The highest BCUT2D eigenvalue weighted by Crippen LogP contribution is 2.35. The van der Waals surface area contributed by atoms with Gasteiger partial charge in [0.05, 0.1) is 0 Å². The molecule has 2 rings (SSSR count). The van der Waals surface area contributed by atoms with Crippen molar-refractivity contribution < 1.29 is 0 Å². The van der Waals surface area contributed by atoms with Crippen molar-refractivity contribution in [1.29, 1.82) is 0 Å². The Morgan fingerprint density at radius 3 is 2.89 bits per heavy atom. The van der Waals surface area contributed by atoms with Crippen LogP contribution in [-0.4, -0.2) is 6.04 Å². The molecule has 3 unspecified atom stereocenters. The summed E-state index contributed by atoms with van der Waals surface area (Å²) in [6.07, 6.45) is 7.54. The molecule has 0 amide bonds. The maximum atomic E-state index is 5.86. The van der Waals surface area contributed by atoms with E-state index in [1.54, 1.807) is 0 Å². The molecule has 2 nitrogen and oxygen atoms in total. The lowest BCUT2D eigenvalue weighted by molar-refractivity contribution is 0.323. The average Bonchev–Trinajstić information content (AvgIpc) is 2.44. The summed E-state index contributed by atoms with van der Waals surface area (Å²) in [7, 11) is 0. The predicted molar refractivity (Wildman–Crippen MR) is 81.9 cm³/mol. The van der Waals surface area contributed by atoms with Gasteiger partial charge < -0.3 is 0 Å². The third-order valence-electron chi connectivity index (χ3n) is 4.55. The van der Waals surface area contributed by atoms with Gasteiger partial charge in [-0.1, -0.05) is 51.0 Å². The van der Waals surface area contributed by atoms with Gasteiger partial charge in [-0.25, -0.2) is 0 Å². The fourth-order valence-electron chi connectivity index (χ4n) is 3.60. The first-order valence-corrected chi connectivity index (χ1v) is 7.80. The quantitative estimate of drug-likeness (QED) is 0.603. The lowest BCUT2D eigenvalue weighted by Gasteiger charge is -2.33. The predicted octanol–water partition coefficient (Wildman–Crippen LogP) is 3.76. The van der Waals surface area contributed by atoms with Gasteiger partial charge in [-0.15, -0.1) is 0 Å². The molecule has 1 aromatic rings. The summed E-state index contributed by atoms with van der Waals surface area (Å²) in [5.41, 5.74) is 6.16. The molecule has 0 fully saturated rings. The van der Waals surface area contributed by atoms with Gasteiger partial charge in [0.1, 0.15) is 0 Å². The summed E-state index contributed by atoms with van der Waals surface area (Å²) in [5, 5.41) is 0. The summed E-state index contributed by atoms with van der Waals surface area (Å²) in [6.45, 7) is 4.61. The fourth-order valence-corrected chi connectivity index (χ4v) is 3.60. The lowest BCUT2D eigenvalue weighted by atomic mass is 9.76. The minimum Gasteiger partial charge on any atom is -0.271 e. The number of fused-ring (bicyclic) bond motifs is 1. The van der Waals surface area contributed by atoms with Crippen LogP contribution in [0.5, 0.6) is 0 Å². The molecule has 19 heavy (non-hydrogen) atoms. The second kappa shape index (κ2) is 7.06. The minimum atomic E-state index is 0.419. The number of hydrogen-bond acceptors (Lipinski definition) is 2. The molecule has 1 aromatic carbocycles. The van der Waals surface area contributed by atoms with Crippen LogP contribution in [0.4, 0.5) is 0 Å². The summed E-state index contributed by atoms with van der Waals surface area (Å²) in [5.74, 6) is 7.20. The van der Waals surface area contributed by atoms with Crippen molar-refractivity contribution in [3.63, 3.8) is 0 Å². The Hall–Kier alpha value is -0.860. The fraction of sp³-hybridized carbons (Fsp3) is 0.647. The number of rotatable bonds is 6. The molecule has 0 saturated carbocycles. The lowest BCUT2D eigenvalue weighted by Crippen LogP contribution is -2.42. The highest BCUT2D eigenvalue weighted by Gasteiger charge is 2.27. The van der Waals surface area contributed by atoms with Crippen LogP contribution in [0.15, 0.2) is 24.3 Å². The van der Waals surface area contributed by atoms with E-state index in [1.807, 2.05) is 0 Å². The molecular weight excluding hydrogens is 232 g/mol. The topological polar surface area (TPSA) is 38.0 Å². The van der Waals surface area contributed by atoms with E-state index < -0.39 is 0 Å². The first-order chi connectivity index (χ1) is 9.26. The monoisotopic (exact) mass is 260 g/mol. The third-order valence-corrected chi connectivity index (χ3v) is 4.55. The molecule has 0 aromatic heterocycles. The molecule has 0 heterocycles. The molecule has 0 spiro atoms. The maximum Gasteiger partial charge on any atom is 0.0281 e. The number of nitrogens with one attached hydrogen (secondary N) is 1. The smallest absolute Gasteiger partial charge is 0.0281 e. The Kier molecular flexibility index (Phi) is 5.41. The van der Waals surface area contributed by atoms with Crippen molar-refractivity contribution in [2.75, 3.05) is 0 Å². The summed E-state index contributed by atoms with van der Waals surface area (Å²) >= 11 is 0. The molecule has 1 aliphatic carbocycles. The summed E-state index contributed by atoms with van der Waals surface area (Å²) < 4.78 is 0. The van der Waals surface area contributed by atoms with Crippen molar-refractivity contribution in [2.45, 2.75) is 64.3 Å². The van der Waals surface area contributed by atoms with Gasteiger partial charge in [-0.2, -0.15) is 0 Å². The first-order valence-electron chi connectivity index (χ1n) is 7.80. The van der Waals surface area contributed by atoms with Crippen molar-refractivity contribution in [2.24, 2.45) is 11.8 Å². The normalized spacial score (nSPS) is 21.7. The van der Waals surface area contributed by atoms with Crippen LogP contribution in [0, 0.1) is 5.92 Å². The van der Waals surface area contributed by atoms with Crippen molar-refractivity contribution >= 4 is 0 Å². The average molecular weight is 260 g/mol. The zero-order valence-electron chi connectivity index (χ0n) is 12.4. The molecule has 1 aliphatic rings. The minimum absolute atomic E-state index is 0.419. The van der Waals surface area contributed by atoms with Crippen LogP contribution in [0.3, 0.4) is 0 Å². The van der Waals surface area contributed by atoms with Crippen LogP contribution in [0.1, 0.15) is 63.0 Å².